The monoisotopic (exact) mass is 267 g/mol. The standard InChI is InChI=1S/C15H29N3O/c1-13(12-16-2)15(19)18-10-6-14(7-11-18)17-8-4-3-5-9-17/h13-14,16H,3-12H2,1-2H3. The van der Waals surface area contributed by atoms with Crippen LogP contribution in [0.5, 0.6) is 0 Å². The number of hydrogen-bond donors (Lipinski definition) is 1. The number of carbonyl (C=O) groups is 1. The van der Waals surface area contributed by atoms with Crippen LogP contribution in [0.4, 0.5) is 0 Å². The summed E-state index contributed by atoms with van der Waals surface area (Å²) in [5.41, 5.74) is 0. The summed E-state index contributed by atoms with van der Waals surface area (Å²) in [5, 5.41) is 3.09. The molecule has 2 saturated heterocycles. The number of likely N-dealkylation sites (tertiary alicyclic amines) is 2. The lowest BCUT2D eigenvalue weighted by Crippen LogP contribution is -2.49. The average molecular weight is 267 g/mol. The van der Waals surface area contributed by atoms with Crippen molar-refractivity contribution in [2.24, 2.45) is 5.92 Å². The number of nitrogens with zero attached hydrogens (tertiary/aromatic N) is 2. The van der Waals surface area contributed by atoms with E-state index < -0.39 is 0 Å². The highest BCUT2D eigenvalue weighted by molar-refractivity contribution is 5.78. The molecular weight excluding hydrogens is 238 g/mol. The van der Waals surface area contributed by atoms with Crippen LogP contribution in [0.2, 0.25) is 0 Å². The van der Waals surface area contributed by atoms with Gasteiger partial charge in [-0.3, -0.25) is 4.79 Å². The number of hydrogen-bond acceptors (Lipinski definition) is 3. The fraction of sp³-hybridized carbons (Fsp3) is 0.933. The summed E-state index contributed by atoms with van der Waals surface area (Å²) in [5.74, 6) is 0.433. The van der Waals surface area contributed by atoms with Gasteiger partial charge < -0.3 is 15.1 Å². The van der Waals surface area contributed by atoms with Crippen molar-refractivity contribution in [1.29, 1.82) is 0 Å². The highest BCUT2D eigenvalue weighted by Crippen LogP contribution is 2.21. The Bertz CT molecular complexity index is 281. The van der Waals surface area contributed by atoms with Gasteiger partial charge in [-0.15, -0.1) is 0 Å². The molecule has 2 heterocycles. The van der Waals surface area contributed by atoms with Crippen molar-refractivity contribution in [1.82, 2.24) is 15.1 Å². The molecule has 0 saturated carbocycles. The maximum atomic E-state index is 12.2. The summed E-state index contributed by atoms with van der Waals surface area (Å²) >= 11 is 0. The van der Waals surface area contributed by atoms with Gasteiger partial charge >= 0.3 is 0 Å². The first-order valence-corrected chi connectivity index (χ1v) is 7.90. The molecule has 2 rings (SSSR count). The van der Waals surface area contributed by atoms with E-state index in [2.05, 4.69) is 15.1 Å². The summed E-state index contributed by atoms with van der Waals surface area (Å²) < 4.78 is 0. The summed E-state index contributed by atoms with van der Waals surface area (Å²) in [6, 6.07) is 0.726. The van der Waals surface area contributed by atoms with Gasteiger partial charge in [-0.2, -0.15) is 0 Å². The molecule has 1 amide bonds. The molecule has 1 N–H and O–H groups in total. The number of amides is 1. The lowest BCUT2D eigenvalue weighted by molar-refractivity contribution is -0.136. The molecule has 4 nitrogen and oxygen atoms in total. The van der Waals surface area contributed by atoms with Crippen LogP contribution in [0, 0.1) is 5.92 Å². The molecule has 19 heavy (non-hydrogen) atoms. The maximum Gasteiger partial charge on any atom is 0.226 e. The van der Waals surface area contributed by atoms with Gasteiger partial charge in [0.25, 0.3) is 0 Å². The zero-order valence-electron chi connectivity index (χ0n) is 12.5. The molecule has 0 bridgehead atoms. The first-order valence-electron chi connectivity index (χ1n) is 7.90. The van der Waals surface area contributed by atoms with E-state index in [0.29, 0.717) is 5.91 Å². The van der Waals surface area contributed by atoms with Crippen LogP contribution in [0.1, 0.15) is 39.0 Å². The van der Waals surface area contributed by atoms with Gasteiger partial charge in [-0.1, -0.05) is 13.3 Å². The maximum absolute atomic E-state index is 12.2. The summed E-state index contributed by atoms with van der Waals surface area (Å²) in [6.45, 7) is 7.26. The Hall–Kier alpha value is -0.610. The van der Waals surface area contributed by atoms with Crippen LogP contribution in [0.3, 0.4) is 0 Å². The van der Waals surface area contributed by atoms with Gasteiger partial charge in [0.2, 0.25) is 5.91 Å². The first kappa shape index (κ1) is 14.8. The van der Waals surface area contributed by atoms with Crippen LogP contribution in [0.15, 0.2) is 0 Å². The molecule has 0 aliphatic carbocycles. The minimum absolute atomic E-state index is 0.108. The second-order valence-electron chi connectivity index (χ2n) is 6.11. The molecule has 1 unspecified atom stereocenters. The van der Waals surface area contributed by atoms with E-state index in [9.17, 15) is 4.79 Å². The fourth-order valence-electron chi connectivity index (χ4n) is 3.44. The van der Waals surface area contributed by atoms with Crippen molar-refractivity contribution in [2.45, 2.75) is 45.1 Å². The first-order chi connectivity index (χ1) is 9.22. The quantitative estimate of drug-likeness (QED) is 0.834. The Balaban J connectivity index is 1.76. The highest BCUT2D eigenvalue weighted by Gasteiger charge is 2.28. The van der Waals surface area contributed by atoms with Crippen molar-refractivity contribution in [3.8, 4) is 0 Å². The Kier molecular flexibility index (Phi) is 5.64. The molecule has 0 aromatic carbocycles. The minimum Gasteiger partial charge on any atom is -0.342 e. The average Bonchev–Trinajstić information content (AvgIpc) is 2.48. The lowest BCUT2D eigenvalue weighted by Gasteiger charge is -2.40. The van der Waals surface area contributed by atoms with Crippen molar-refractivity contribution in [2.75, 3.05) is 39.8 Å². The van der Waals surface area contributed by atoms with Crippen LogP contribution in [0.25, 0.3) is 0 Å². The smallest absolute Gasteiger partial charge is 0.226 e. The van der Waals surface area contributed by atoms with Gasteiger partial charge in [0.05, 0.1) is 0 Å². The van der Waals surface area contributed by atoms with Crippen LogP contribution >= 0.6 is 0 Å². The lowest BCUT2D eigenvalue weighted by atomic mass is 9.99. The van der Waals surface area contributed by atoms with Crippen molar-refractivity contribution in [3.05, 3.63) is 0 Å². The van der Waals surface area contributed by atoms with Gasteiger partial charge in [-0.05, 0) is 45.8 Å². The van der Waals surface area contributed by atoms with Gasteiger partial charge in [0, 0.05) is 31.6 Å². The van der Waals surface area contributed by atoms with Crippen molar-refractivity contribution >= 4 is 5.91 Å². The molecule has 0 spiro atoms. The predicted molar refractivity (Wildman–Crippen MR) is 78.1 cm³/mol. The third-order valence-corrected chi connectivity index (χ3v) is 4.62. The van der Waals surface area contributed by atoms with E-state index in [4.69, 9.17) is 0 Å². The van der Waals surface area contributed by atoms with Gasteiger partial charge in [0.1, 0.15) is 0 Å². The number of rotatable bonds is 4. The number of piperidine rings is 2. The topological polar surface area (TPSA) is 35.6 Å². The highest BCUT2D eigenvalue weighted by atomic mass is 16.2. The molecule has 110 valence electrons. The molecule has 0 aromatic rings. The van der Waals surface area contributed by atoms with Crippen molar-refractivity contribution < 1.29 is 4.79 Å². The fourth-order valence-corrected chi connectivity index (χ4v) is 3.44. The zero-order valence-corrected chi connectivity index (χ0v) is 12.5. The van der Waals surface area contributed by atoms with Crippen LogP contribution in [-0.4, -0.2) is 61.5 Å². The Morgan fingerprint density at radius 2 is 1.79 bits per heavy atom. The normalized spacial score (nSPS) is 24.4. The molecule has 2 aliphatic heterocycles. The van der Waals surface area contributed by atoms with Crippen LogP contribution in [-0.2, 0) is 4.79 Å². The molecule has 2 aliphatic rings. The summed E-state index contributed by atoms with van der Waals surface area (Å²) in [6.07, 6.45) is 6.45. The van der Waals surface area contributed by atoms with Crippen LogP contribution < -0.4 is 5.32 Å². The molecule has 0 radical (unpaired) electrons. The van der Waals surface area contributed by atoms with E-state index in [1.54, 1.807) is 0 Å². The largest absolute Gasteiger partial charge is 0.342 e. The Morgan fingerprint density at radius 3 is 2.37 bits per heavy atom. The Labute approximate surface area is 117 Å². The second kappa shape index (κ2) is 7.25. The molecule has 2 fully saturated rings. The Morgan fingerprint density at radius 1 is 1.16 bits per heavy atom. The van der Waals surface area contributed by atoms with Crippen molar-refractivity contribution in [3.63, 3.8) is 0 Å². The SMILES string of the molecule is CNCC(C)C(=O)N1CCC(N2CCCCC2)CC1. The van der Waals surface area contributed by atoms with E-state index in [1.165, 1.54) is 32.4 Å². The molecule has 1 atom stereocenters. The second-order valence-corrected chi connectivity index (χ2v) is 6.11. The summed E-state index contributed by atoms with van der Waals surface area (Å²) in [4.78, 5) is 17.0. The summed E-state index contributed by atoms with van der Waals surface area (Å²) in [7, 11) is 1.91. The third-order valence-electron chi connectivity index (χ3n) is 4.62. The van der Waals surface area contributed by atoms with E-state index >= 15 is 0 Å². The van der Waals surface area contributed by atoms with E-state index in [-0.39, 0.29) is 5.92 Å². The van der Waals surface area contributed by atoms with Gasteiger partial charge in [0.15, 0.2) is 0 Å². The predicted octanol–water partition coefficient (Wildman–Crippen LogP) is 1.32. The van der Waals surface area contributed by atoms with Gasteiger partial charge in [-0.25, -0.2) is 0 Å². The van der Waals surface area contributed by atoms with E-state index in [0.717, 1.165) is 38.5 Å². The zero-order chi connectivity index (χ0) is 13.7. The number of nitrogens with one attached hydrogen (secondary N) is 1. The molecular formula is C15H29N3O. The molecule has 4 heteroatoms. The third kappa shape index (κ3) is 3.93. The van der Waals surface area contributed by atoms with E-state index in [1.807, 2.05) is 14.0 Å². The molecule has 0 aromatic heterocycles. The number of carbonyl (C=O) groups excluding carboxylic acids is 1. The minimum atomic E-state index is 0.108.